The highest BCUT2D eigenvalue weighted by molar-refractivity contribution is 7.91. The molecule has 1 aromatic rings. The summed E-state index contributed by atoms with van der Waals surface area (Å²) in [6.45, 7) is 2.13. The molecule has 0 bridgehead atoms. The van der Waals surface area contributed by atoms with Gasteiger partial charge in [0.15, 0.2) is 0 Å². The van der Waals surface area contributed by atoms with Gasteiger partial charge < -0.3 is 15.0 Å². The number of piperazine rings is 1. The normalized spacial score (nSPS) is 22.1. The van der Waals surface area contributed by atoms with Crippen molar-refractivity contribution < 1.29 is 22.7 Å². The Kier molecular flexibility index (Phi) is 5.42. The zero-order valence-corrected chi connectivity index (χ0v) is 15.6. The Morgan fingerprint density at radius 3 is 2.60 bits per heavy atom. The second-order valence-electron chi connectivity index (χ2n) is 6.02. The zero-order valence-electron chi connectivity index (χ0n) is 13.9. The number of sulfonamides is 1. The van der Waals surface area contributed by atoms with Crippen LogP contribution in [0.1, 0.15) is 23.2 Å². The molecule has 2 saturated heterocycles. The highest BCUT2D eigenvalue weighted by Gasteiger charge is 2.34. The lowest BCUT2D eigenvalue weighted by molar-refractivity contribution is -0.134. The molecule has 3 rings (SSSR count). The third-order valence-corrected chi connectivity index (χ3v) is 7.81. The molecular weight excluding hydrogens is 366 g/mol. The van der Waals surface area contributed by atoms with E-state index in [0.29, 0.717) is 13.1 Å². The summed E-state index contributed by atoms with van der Waals surface area (Å²) in [6.07, 6.45) is 1.83. The van der Waals surface area contributed by atoms with Crippen LogP contribution in [0.15, 0.2) is 15.7 Å². The van der Waals surface area contributed by atoms with E-state index in [1.54, 1.807) is 4.90 Å². The fraction of sp³-hybridized carbons (Fsp3) is 0.600. The van der Waals surface area contributed by atoms with Gasteiger partial charge in [-0.15, -0.1) is 11.3 Å². The number of nitrogens with zero attached hydrogens (tertiary/aromatic N) is 2. The highest BCUT2D eigenvalue weighted by Crippen LogP contribution is 2.25. The first-order valence-corrected chi connectivity index (χ1v) is 10.4. The van der Waals surface area contributed by atoms with Crippen molar-refractivity contribution in [3.63, 3.8) is 0 Å². The molecule has 2 aliphatic rings. The molecule has 0 radical (unpaired) electrons. The standard InChI is InChI=1S/C15H21N3O5S2/c1-23-15(20)11-9-13(24-10-11)25(21,22)18-7-5-17(6-8-18)14(19)12-3-2-4-16-12/h9-10,12,16H,2-8H2,1H3. The van der Waals surface area contributed by atoms with Crippen LogP contribution in [-0.4, -0.2) is 75.4 Å². The summed E-state index contributed by atoms with van der Waals surface area (Å²) in [7, 11) is -2.41. The number of ether oxygens (including phenoxy) is 1. The average molecular weight is 387 g/mol. The summed E-state index contributed by atoms with van der Waals surface area (Å²) in [5.74, 6) is -0.504. The Bertz CT molecular complexity index is 747. The summed E-state index contributed by atoms with van der Waals surface area (Å²) >= 11 is 1.00. The fourth-order valence-electron chi connectivity index (χ4n) is 3.07. The summed E-state index contributed by atoms with van der Waals surface area (Å²) < 4.78 is 31.5. The lowest BCUT2D eigenvalue weighted by Crippen LogP contribution is -2.54. The van der Waals surface area contributed by atoms with E-state index >= 15 is 0 Å². The molecule has 2 fully saturated rings. The molecular formula is C15H21N3O5S2. The van der Waals surface area contributed by atoms with Gasteiger partial charge in [0.1, 0.15) is 4.21 Å². The summed E-state index contributed by atoms with van der Waals surface area (Å²) in [4.78, 5) is 25.6. The number of amides is 1. The molecule has 0 saturated carbocycles. The molecule has 2 aliphatic heterocycles. The molecule has 0 aliphatic carbocycles. The van der Waals surface area contributed by atoms with Gasteiger partial charge in [0.2, 0.25) is 5.91 Å². The van der Waals surface area contributed by atoms with Gasteiger partial charge in [-0.05, 0) is 25.5 Å². The Morgan fingerprint density at radius 2 is 2.00 bits per heavy atom. The van der Waals surface area contributed by atoms with E-state index < -0.39 is 16.0 Å². The molecule has 1 N–H and O–H groups in total. The van der Waals surface area contributed by atoms with E-state index in [-0.39, 0.29) is 34.8 Å². The molecule has 138 valence electrons. The Balaban J connectivity index is 1.64. The van der Waals surface area contributed by atoms with E-state index in [9.17, 15) is 18.0 Å². The third-order valence-electron chi connectivity index (χ3n) is 4.50. The Hall–Kier alpha value is -1.49. The maximum Gasteiger partial charge on any atom is 0.338 e. The quantitative estimate of drug-likeness (QED) is 0.738. The van der Waals surface area contributed by atoms with Crippen molar-refractivity contribution in [3.05, 3.63) is 17.0 Å². The van der Waals surface area contributed by atoms with Crippen molar-refractivity contribution in [2.75, 3.05) is 39.8 Å². The summed E-state index contributed by atoms with van der Waals surface area (Å²) in [5, 5.41) is 4.65. The van der Waals surface area contributed by atoms with Crippen LogP contribution >= 0.6 is 11.3 Å². The summed E-state index contributed by atoms with van der Waals surface area (Å²) in [6, 6.07) is 1.20. The first-order valence-electron chi connectivity index (χ1n) is 8.12. The second kappa shape index (κ2) is 7.40. The predicted molar refractivity (Wildman–Crippen MR) is 92.0 cm³/mol. The first-order chi connectivity index (χ1) is 11.9. The van der Waals surface area contributed by atoms with Crippen molar-refractivity contribution >= 4 is 33.2 Å². The highest BCUT2D eigenvalue weighted by atomic mass is 32.2. The van der Waals surface area contributed by atoms with E-state index in [4.69, 9.17) is 0 Å². The number of hydrogen-bond acceptors (Lipinski definition) is 7. The number of esters is 1. The minimum absolute atomic E-state index is 0.0543. The smallest absolute Gasteiger partial charge is 0.338 e. The number of carbonyl (C=O) groups is 2. The van der Waals surface area contributed by atoms with Gasteiger partial charge >= 0.3 is 5.97 Å². The maximum absolute atomic E-state index is 12.7. The fourth-order valence-corrected chi connectivity index (χ4v) is 5.79. The lowest BCUT2D eigenvalue weighted by atomic mass is 10.2. The number of thiophene rings is 1. The molecule has 1 aromatic heterocycles. The molecule has 10 heteroatoms. The van der Waals surface area contributed by atoms with Crippen LogP contribution in [-0.2, 0) is 19.6 Å². The first kappa shape index (κ1) is 18.3. The van der Waals surface area contributed by atoms with Crippen LogP contribution in [0.3, 0.4) is 0 Å². The Morgan fingerprint density at radius 1 is 1.28 bits per heavy atom. The topological polar surface area (TPSA) is 96.0 Å². The predicted octanol–water partition coefficient (Wildman–Crippen LogP) is 0.120. The number of hydrogen-bond donors (Lipinski definition) is 1. The maximum atomic E-state index is 12.7. The third kappa shape index (κ3) is 3.71. The van der Waals surface area contributed by atoms with Gasteiger partial charge in [-0.2, -0.15) is 4.31 Å². The molecule has 3 heterocycles. The van der Waals surface area contributed by atoms with Gasteiger partial charge in [0, 0.05) is 31.6 Å². The van der Waals surface area contributed by atoms with Gasteiger partial charge in [0.25, 0.3) is 10.0 Å². The molecule has 1 atom stereocenters. The van der Waals surface area contributed by atoms with Crippen LogP contribution in [0.2, 0.25) is 0 Å². The second-order valence-corrected chi connectivity index (χ2v) is 9.10. The average Bonchev–Trinajstić information content (AvgIpc) is 3.32. The van der Waals surface area contributed by atoms with Gasteiger partial charge in [-0.25, -0.2) is 13.2 Å². The largest absolute Gasteiger partial charge is 0.465 e. The van der Waals surface area contributed by atoms with Crippen molar-refractivity contribution in [1.82, 2.24) is 14.5 Å². The number of carbonyl (C=O) groups excluding carboxylic acids is 2. The lowest BCUT2D eigenvalue weighted by Gasteiger charge is -2.35. The number of methoxy groups -OCH3 is 1. The van der Waals surface area contributed by atoms with Crippen molar-refractivity contribution in [1.29, 1.82) is 0 Å². The molecule has 0 aromatic carbocycles. The van der Waals surface area contributed by atoms with Crippen LogP contribution in [0.25, 0.3) is 0 Å². The minimum atomic E-state index is -3.66. The number of rotatable bonds is 4. The monoisotopic (exact) mass is 387 g/mol. The van der Waals surface area contributed by atoms with E-state index in [1.165, 1.54) is 22.9 Å². The minimum Gasteiger partial charge on any atom is -0.465 e. The van der Waals surface area contributed by atoms with E-state index in [0.717, 1.165) is 30.7 Å². The summed E-state index contributed by atoms with van der Waals surface area (Å²) in [5.41, 5.74) is 0.229. The van der Waals surface area contributed by atoms with Crippen LogP contribution < -0.4 is 5.32 Å². The SMILES string of the molecule is COC(=O)c1csc(S(=O)(=O)N2CCN(C(=O)C3CCCN3)CC2)c1. The molecule has 0 spiro atoms. The molecule has 25 heavy (non-hydrogen) atoms. The van der Waals surface area contributed by atoms with Crippen molar-refractivity contribution in [2.24, 2.45) is 0 Å². The number of nitrogens with one attached hydrogen (secondary N) is 1. The van der Waals surface area contributed by atoms with Gasteiger partial charge in [-0.1, -0.05) is 0 Å². The van der Waals surface area contributed by atoms with Crippen molar-refractivity contribution in [3.8, 4) is 0 Å². The molecule has 1 amide bonds. The van der Waals surface area contributed by atoms with E-state index in [2.05, 4.69) is 10.1 Å². The van der Waals surface area contributed by atoms with Crippen LogP contribution in [0.4, 0.5) is 0 Å². The van der Waals surface area contributed by atoms with Crippen molar-refractivity contribution in [2.45, 2.75) is 23.1 Å². The van der Waals surface area contributed by atoms with Gasteiger partial charge in [-0.3, -0.25) is 4.79 Å². The zero-order chi connectivity index (χ0) is 18.0. The Labute approximate surface area is 150 Å². The molecule has 1 unspecified atom stereocenters. The van der Waals surface area contributed by atoms with E-state index in [1.807, 2.05) is 0 Å². The molecule has 8 nitrogen and oxygen atoms in total. The van der Waals surface area contributed by atoms with Gasteiger partial charge in [0.05, 0.1) is 18.7 Å². The van der Waals surface area contributed by atoms with Crippen LogP contribution in [0.5, 0.6) is 0 Å². The van der Waals surface area contributed by atoms with Crippen LogP contribution in [0, 0.1) is 0 Å².